The lowest BCUT2D eigenvalue weighted by molar-refractivity contribution is -0.127. The molecule has 9 nitrogen and oxygen atoms in total. The summed E-state index contributed by atoms with van der Waals surface area (Å²) in [5.41, 5.74) is 8.91. The Bertz CT molecular complexity index is 1060. The van der Waals surface area contributed by atoms with E-state index in [4.69, 9.17) is 20.7 Å². The highest BCUT2D eigenvalue weighted by Gasteiger charge is 2.26. The first-order valence-electron chi connectivity index (χ1n) is 13.4. The van der Waals surface area contributed by atoms with Crippen LogP contribution in [0.15, 0.2) is 18.0 Å². The fourth-order valence-corrected chi connectivity index (χ4v) is 5.75. The van der Waals surface area contributed by atoms with Crippen molar-refractivity contribution in [3.63, 3.8) is 0 Å². The molecule has 206 valence electrons. The van der Waals surface area contributed by atoms with Crippen LogP contribution in [-0.2, 0) is 4.79 Å². The fraction of sp³-hybridized carbons (Fsp3) is 0.692. The molecule has 2 saturated carbocycles. The van der Waals surface area contributed by atoms with Crippen LogP contribution >= 0.6 is 24.8 Å². The normalized spacial score (nSPS) is 22.7. The number of allylic oxidation sites excluding steroid dienone is 1. The molecule has 2 aromatic rings. The molecule has 3 fully saturated rings. The van der Waals surface area contributed by atoms with Crippen LogP contribution in [0, 0.1) is 0 Å². The van der Waals surface area contributed by atoms with Gasteiger partial charge in [-0.25, -0.2) is 4.98 Å². The van der Waals surface area contributed by atoms with Crippen LogP contribution in [0.3, 0.4) is 0 Å². The summed E-state index contributed by atoms with van der Waals surface area (Å²) < 4.78 is 2.26. The van der Waals surface area contributed by atoms with Gasteiger partial charge in [-0.1, -0.05) is 18.4 Å². The monoisotopic (exact) mass is 552 g/mol. The summed E-state index contributed by atoms with van der Waals surface area (Å²) in [6.07, 6.45) is 14.5. The number of nitrogens with one attached hydrogen (secondary N) is 2. The van der Waals surface area contributed by atoms with Gasteiger partial charge >= 0.3 is 0 Å². The van der Waals surface area contributed by atoms with Crippen LogP contribution in [0.1, 0.15) is 84.1 Å². The van der Waals surface area contributed by atoms with E-state index < -0.39 is 0 Å². The maximum atomic E-state index is 12.4. The Kier molecular flexibility index (Phi) is 10.4. The Balaban J connectivity index is 0.00000190. The highest BCUT2D eigenvalue weighted by molar-refractivity contribution is 5.88. The molecular formula is C26H42Cl2N8O. The third-order valence-corrected chi connectivity index (χ3v) is 7.80. The van der Waals surface area contributed by atoms with Crippen molar-refractivity contribution >= 4 is 53.7 Å². The number of carbonyl (C=O) groups is 1. The molecule has 1 aliphatic heterocycles. The molecule has 4 N–H and O–H groups in total. The van der Waals surface area contributed by atoms with Gasteiger partial charge in [0.15, 0.2) is 17.0 Å². The van der Waals surface area contributed by atoms with Gasteiger partial charge in [0.25, 0.3) is 0 Å². The van der Waals surface area contributed by atoms with Crippen LogP contribution in [-0.4, -0.2) is 61.5 Å². The summed E-state index contributed by atoms with van der Waals surface area (Å²) in [6, 6.07) is 1.38. The molecule has 0 aromatic carbocycles. The lowest BCUT2D eigenvalue weighted by Crippen LogP contribution is -2.42. The number of hydrogen-bond donors (Lipinski definition) is 3. The molecule has 5 rings (SSSR count). The number of nitrogens with zero attached hydrogens (tertiary/aromatic N) is 5. The van der Waals surface area contributed by atoms with E-state index in [9.17, 15) is 4.79 Å². The van der Waals surface area contributed by atoms with Gasteiger partial charge in [-0.2, -0.15) is 9.97 Å². The van der Waals surface area contributed by atoms with Gasteiger partial charge in [-0.3, -0.25) is 4.79 Å². The molecule has 0 bridgehead atoms. The van der Waals surface area contributed by atoms with Crippen LogP contribution in [0.25, 0.3) is 11.2 Å². The Morgan fingerprint density at radius 1 is 0.946 bits per heavy atom. The summed E-state index contributed by atoms with van der Waals surface area (Å²) in [5.74, 6) is 1.59. The smallest absolute Gasteiger partial charge is 0.246 e. The largest absolute Gasteiger partial charge is 0.365 e. The van der Waals surface area contributed by atoms with Crippen molar-refractivity contribution in [3.05, 3.63) is 18.0 Å². The van der Waals surface area contributed by atoms with Crippen molar-refractivity contribution in [2.75, 3.05) is 23.7 Å². The number of halogens is 2. The average molecular weight is 554 g/mol. The average Bonchev–Trinajstić information content (AvgIpc) is 3.51. The van der Waals surface area contributed by atoms with E-state index in [2.05, 4.69) is 15.2 Å². The molecule has 3 heterocycles. The standard InChI is InChI=1S/C26H40N8O.2ClH/c1-17(2)15-22(35)33-13-11-20(12-14-33)29-24-23-25(34(16-28-23)21-5-3-4-6-21)32-26(31-24)30-19-9-7-18(27)8-10-19;;/h15-16,18-21H,3-14,27H2,1-2H3,(H2,29,30,31,32);2*1H. The molecule has 11 heteroatoms. The predicted octanol–water partition coefficient (Wildman–Crippen LogP) is 4.84. The number of piperidine rings is 1. The lowest BCUT2D eigenvalue weighted by Gasteiger charge is -2.32. The third-order valence-electron chi connectivity index (χ3n) is 7.80. The maximum absolute atomic E-state index is 12.4. The third kappa shape index (κ3) is 7.06. The van der Waals surface area contributed by atoms with E-state index >= 15 is 0 Å². The summed E-state index contributed by atoms with van der Waals surface area (Å²) >= 11 is 0. The number of nitrogens with two attached hydrogens (primary N) is 1. The summed E-state index contributed by atoms with van der Waals surface area (Å²) in [7, 11) is 0. The van der Waals surface area contributed by atoms with Gasteiger partial charge in [0, 0.05) is 43.3 Å². The maximum Gasteiger partial charge on any atom is 0.246 e. The SMILES string of the molecule is CC(C)=CC(=O)N1CCC(Nc2nc(NC3CCC(N)CC3)nc3c2ncn3C2CCCC2)CC1.Cl.Cl. The molecule has 0 spiro atoms. The molecule has 3 aliphatic rings. The van der Waals surface area contributed by atoms with E-state index in [-0.39, 0.29) is 36.8 Å². The van der Waals surface area contributed by atoms with Crippen molar-refractivity contribution in [3.8, 4) is 0 Å². The van der Waals surface area contributed by atoms with Crippen molar-refractivity contribution in [2.45, 2.75) is 102 Å². The molecule has 37 heavy (non-hydrogen) atoms. The molecule has 0 unspecified atom stereocenters. The zero-order valence-corrected chi connectivity index (χ0v) is 23.6. The van der Waals surface area contributed by atoms with Gasteiger partial charge in [-0.15, -0.1) is 24.8 Å². The van der Waals surface area contributed by atoms with E-state index in [0.29, 0.717) is 24.1 Å². The lowest BCUT2D eigenvalue weighted by atomic mass is 9.92. The van der Waals surface area contributed by atoms with Gasteiger partial charge in [0.05, 0.1) is 6.33 Å². The first kappa shape index (κ1) is 29.5. The second kappa shape index (κ2) is 13.1. The van der Waals surface area contributed by atoms with Crippen molar-refractivity contribution in [1.29, 1.82) is 0 Å². The molecule has 1 amide bonds. The number of fused-ring (bicyclic) bond motifs is 1. The number of carbonyl (C=O) groups excluding carboxylic acids is 1. The van der Waals surface area contributed by atoms with Crippen LogP contribution in [0.5, 0.6) is 0 Å². The van der Waals surface area contributed by atoms with E-state index in [0.717, 1.165) is 74.2 Å². The minimum absolute atomic E-state index is 0. The molecule has 1 saturated heterocycles. The Labute approximate surface area is 232 Å². The van der Waals surface area contributed by atoms with E-state index in [1.54, 1.807) is 6.08 Å². The number of aromatic nitrogens is 4. The molecule has 0 atom stereocenters. The molecule has 2 aromatic heterocycles. The Morgan fingerprint density at radius 3 is 2.24 bits per heavy atom. The van der Waals surface area contributed by atoms with Crippen LogP contribution in [0.2, 0.25) is 0 Å². The van der Waals surface area contributed by atoms with Crippen molar-refractivity contribution < 1.29 is 4.79 Å². The first-order chi connectivity index (χ1) is 17.0. The van der Waals surface area contributed by atoms with Crippen LogP contribution in [0.4, 0.5) is 11.8 Å². The number of rotatable bonds is 6. The fourth-order valence-electron chi connectivity index (χ4n) is 5.75. The van der Waals surface area contributed by atoms with Gasteiger partial charge in [0.1, 0.15) is 0 Å². The molecule has 0 radical (unpaired) electrons. The second-order valence-corrected chi connectivity index (χ2v) is 10.9. The van der Waals surface area contributed by atoms with E-state index in [1.165, 1.54) is 25.7 Å². The van der Waals surface area contributed by atoms with E-state index in [1.807, 2.05) is 25.1 Å². The molecule has 2 aliphatic carbocycles. The number of hydrogen-bond acceptors (Lipinski definition) is 7. The minimum atomic E-state index is 0. The minimum Gasteiger partial charge on any atom is -0.365 e. The number of likely N-dealkylation sites (tertiary alicyclic amines) is 1. The highest BCUT2D eigenvalue weighted by Crippen LogP contribution is 2.34. The molecular weight excluding hydrogens is 511 g/mol. The highest BCUT2D eigenvalue weighted by atomic mass is 35.5. The van der Waals surface area contributed by atoms with Crippen LogP contribution < -0.4 is 16.4 Å². The zero-order chi connectivity index (χ0) is 24.4. The number of anilines is 2. The van der Waals surface area contributed by atoms with Gasteiger partial charge in [-0.05, 0) is 65.2 Å². The topological polar surface area (TPSA) is 114 Å². The Morgan fingerprint density at radius 2 is 1.59 bits per heavy atom. The first-order valence-corrected chi connectivity index (χ1v) is 13.4. The van der Waals surface area contributed by atoms with Gasteiger partial charge < -0.3 is 25.8 Å². The summed E-state index contributed by atoms with van der Waals surface area (Å²) in [5, 5.41) is 7.27. The van der Waals surface area contributed by atoms with Gasteiger partial charge in [0.2, 0.25) is 11.9 Å². The Hall–Kier alpha value is -2.10. The quantitative estimate of drug-likeness (QED) is 0.439. The second-order valence-electron chi connectivity index (χ2n) is 10.9. The summed E-state index contributed by atoms with van der Waals surface area (Å²) in [6.45, 7) is 5.42. The van der Waals surface area contributed by atoms with Crippen molar-refractivity contribution in [2.24, 2.45) is 5.73 Å². The summed E-state index contributed by atoms with van der Waals surface area (Å²) in [4.78, 5) is 29.0. The predicted molar refractivity (Wildman–Crippen MR) is 154 cm³/mol. The van der Waals surface area contributed by atoms with Crippen molar-refractivity contribution in [1.82, 2.24) is 24.4 Å². The number of amides is 1. The zero-order valence-electron chi connectivity index (χ0n) is 22.0. The number of imidazole rings is 1.